The molecule has 0 rings (SSSR count). The zero-order valence-corrected chi connectivity index (χ0v) is 15.0. The van der Waals surface area contributed by atoms with Crippen LogP contribution in [0.25, 0.3) is 0 Å². The SMILES string of the molecule is O=S(=O)(O)CCCCCCPCCCCCCS(=O)(=O)O. The van der Waals surface area contributed by atoms with E-state index in [-0.39, 0.29) is 11.5 Å². The van der Waals surface area contributed by atoms with Crippen LogP contribution in [0.4, 0.5) is 0 Å². The van der Waals surface area contributed by atoms with Gasteiger partial charge in [-0.15, -0.1) is 8.58 Å². The van der Waals surface area contributed by atoms with Crippen molar-refractivity contribution in [3.8, 4) is 0 Å². The van der Waals surface area contributed by atoms with Crippen LogP contribution >= 0.6 is 8.58 Å². The Morgan fingerprint density at radius 2 is 0.905 bits per heavy atom. The maximum absolute atomic E-state index is 10.5. The van der Waals surface area contributed by atoms with Gasteiger partial charge in [0.05, 0.1) is 11.5 Å². The van der Waals surface area contributed by atoms with Crippen LogP contribution < -0.4 is 0 Å². The van der Waals surface area contributed by atoms with E-state index in [2.05, 4.69) is 0 Å². The van der Waals surface area contributed by atoms with Crippen molar-refractivity contribution in [1.29, 1.82) is 0 Å². The highest BCUT2D eigenvalue weighted by Gasteiger charge is 2.03. The Morgan fingerprint density at radius 1 is 0.571 bits per heavy atom. The van der Waals surface area contributed by atoms with Crippen LogP contribution in [0, 0.1) is 0 Å². The molecule has 0 aliphatic heterocycles. The van der Waals surface area contributed by atoms with E-state index >= 15 is 0 Å². The summed E-state index contributed by atoms with van der Waals surface area (Å²) in [5.41, 5.74) is 0. The number of rotatable bonds is 14. The van der Waals surface area contributed by atoms with Crippen LogP contribution in [0.3, 0.4) is 0 Å². The Labute approximate surface area is 130 Å². The molecule has 0 unspecified atom stereocenters. The van der Waals surface area contributed by atoms with E-state index in [4.69, 9.17) is 9.11 Å². The first-order valence-electron chi connectivity index (χ1n) is 7.32. The van der Waals surface area contributed by atoms with Crippen LogP contribution in [0.5, 0.6) is 0 Å². The lowest BCUT2D eigenvalue weighted by molar-refractivity contribution is 0.477. The predicted octanol–water partition coefficient (Wildman–Crippen LogP) is 2.56. The Balaban J connectivity index is 3.16. The van der Waals surface area contributed by atoms with Crippen LogP contribution in [0.1, 0.15) is 51.4 Å². The average molecular weight is 362 g/mol. The fourth-order valence-electron chi connectivity index (χ4n) is 1.90. The van der Waals surface area contributed by atoms with E-state index in [0.717, 1.165) is 59.4 Å². The molecule has 0 radical (unpaired) electrons. The van der Waals surface area contributed by atoms with E-state index in [1.807, 2.05) is 0 Å². The minimum atomic E-state index is -3.80. The Morgan fingerprint density at radius 3 is 1.24 bits per heavy atom. The Bertz CT molecular complexity index is 404. The highest BCUT2D eigenvalue weighted by Crippen LogP contribution is 2.17. The predicted molar refractivity (Wildman–Crippen MR) is 87.8 cm³/mol. The molecule has 0 aromatic heterocycles. The van der Waals surface area contributed by atoms with Crippen molar-refractivity contribution in [1.82, 2.24) is 0 Å². The molecule has 0 atom stereocenters. The lowest BCUT2D eigenvalue weighted by atomic mass is 10.2. The summed E-state index contributed by atoms with van der Waals surface area (Å²) in [6.07, 6.45) is 9.19. The van der Waals surface area contributed by atoms with Gasteiger partial charge in [0.15, 0.2) is 0 Å². The van der Waals surface area contributed by atoms with Gasteiger partial charge in [-0.1, -0.05) is 25.7 Å². The van der Waals surface area contributed by atoms with Gasteiger partial charge in [0.25, 0.3) is 20.2 Å². The summed E-state index contributed by atoms with van der Waals surface area (Å²) in [6, 6.07) is 0. The van der Waals surface area contributed by atoms with Gasteiger partial charge in [0, 0.05) is 0 Å². The highest BCUT2D eigenvalue weighted by atomic mass is 32.2. The first-order valence-corrected chi connectivity index (χ1v) is 11.9. The molecular weight excluding hydrogens is 335 g/mol. The van der Waals surface area contributed by atoms with Gasteiger partial charge in [-0.2, -0.15) is 16.8 Å². The molecule has 128 valence electrons. The van der Waals surface area contributed by atoms with Crippen molar-refractivity contribution in [2.45, 2.75) is 51.4 Å². The molecule has 0 aliphatic carbocycles. The molecular formula is C12H27O6PS2. The van der Waals surface area contributed by atoms with Crippen molar-refractivity contribution < 1.29 is 25.9 Å². The summed E-state index contributed by atoms with van der Waals surface area (Å²) in [6.45, 7) is 0. The third kappa shape index (κ3) is 20.2. The standard InChI is InChI=1S/C12H27O6PS2/c13-20(14,15)11-7-3-1-5-9-19-10-6-2-4-8-12-21(16,17)18/h19H,1-12H2,(H,13,14,15)(H,16,17,18). The Kier molecular flexibility index (Phi) is 11.9. The number of hydrogen-bond donors (Lipinski definition) is 2. The fraction of sp³-hybridized carbons (Fsp3) is 1.00. The second-order valence-electron chi connectivity index (χ2n) is 5.15. The van der Waals surface area contributed by atoms with Gasteiger partial charge in [-0.3, -0.25) is 9.11 Å². The zero-order chi connectivity index (χ0) is 16.2. The Hall–Kier alpha value is 0.250. The minimum absolute atomic E-state index is 0.140. The van der Waals surface area contributed by atoms with E-state index in [9.17, 15) is 16.8 Å². The van der Waals surface area contributed by atoms with E-state index in [1.165, 1.54) is 0 Å². The quantitative estimate of drug-likeness (QED) is 0.279. The van der Waals surface area contributed by atoms with Crippen molar-refractivity contribution >= 4 is 28.8 Å². The lowest BCUT2D eigenvalue weighted by Crippen LogP contribution is -2.03. The molecule has 0 fully saturated rings. The van der Waals surface area contributed by atoms with Gasteiger partial charge in [-0.05, 0) is 38.0 Å². The first kappa shape index (κ1) is 21.2. The normalized spacial score (nSPS) is 12.7. The molecule has 0 amide bonds. The molecule has 0 aliphatic rings. The monoisotopic (exact) mass is 362 g/mol. The molecule has 0 spiro atoms. The largest absolute Gasteiger partial charge is 0.286 e. The zero-order valence-electron chi connectivity index (χ0n) is 12.3. The summed E-state index contributed by atoms with van der Waals surface area (Å²) >= 11 is 0. The summed E-state index contributed by atoms with van der Waals surface area (Å²) in [7, 11) is -6.70. The average Bonchev–Trinajstić information content (AvgIpc) is 2.32. The maximum atomic E-state index is 10.5. The smallest absolute Gasteiger partial charge is 0.264 e. The molecule has 21 heavy (non-hydrogen) atoms. The maximum Gasteiger partial charge on any atom is 0.264 e. The molecule has 0 heterocycles. The van der Waals surface area contributed by atoms with Gasteiger partial charge in [0.1, 0.15) is 0 Å². The molecule has 6 nitrogen and oxygen atoms in total. The summed E-state index contributed by atoms with van der Waals surface area (Å²) < 4.78 is 59.0. The first-order chi connectivity index (χ1) is 9.71. The second kappa shape index (κ2) is 11.8. The highest BCUT2D eigenvalue weighted by molar-refractivity contribution is 7.86. The summed E-state index contributed by atoms with van der Waals surface area (Å²) in [4.78, 5) is 0. The van der Waals surface area contributed by atoms with Crippen LogP contribution in [-0.2, 0) is 20.2 Å². The summed E-state index contributed by atoms with van der Waals surface area (Å²) in [5.74, 6) is -0.280. The van der Waals surface area contributed by atoms with E-state index < -0.39 is 20.2 Å². The van der Waals surface area contributed by atoms with Gasteiger partial charge in [-0.25, -0.2) is 0 Å². The van der Waals surface area contributed by atoms with Crippen molar-refractivity contribution in [3.05, 3.63) is 0 Å². The van der Waals surface area contributed by atoms with Crippen LogP contribution in [-0.4, -0.2) is 49.8 Å². The molecule has 0 saturated heterocycles. The van der Waals surface area contributed by atoms with Gasteiger partial charge >= 0.3 is 0 Å². The molecule has 2 N–H and O–H groups in total. The molecule has 0 saturated carbocycles. The van der Waals surface area contributed by atoms with Crippen molar-refractivity contribution in [2.75, 3.05) is 23.8 Å². The molecule has 9 heteroatoms. The van der Waals surface area contributed by atoms with Crippen LogP contribution in [0.15, 0.2) is 0 Å². The minimum Gasteiger partial charge on any atom is -0.286 e. The van der Waals surface area contributed by atoms with E-state index in [0.29, 0.717) is 12.8 Å². The number of unbranched alkanes of at least 4 members (excludes halogenated alkanes) is 6. The second-order valence-corrected chi connectivity index (χ2v) is 9.79. The molecule has 0 aromatic rings. The van der Waals surface area contributed by atoms with Gasteiger partial charge < -0.3 is 0 Å². The van der Waals surface area contributed by atoms with E-state index in [1.54, 1.807) is 0 Å². The topological polar surface area (TPSA) is 109 Å². The third-order valence-corrected chi connectivity index (χ3v) is 6.04. The van der Waals surface area contributed by atoms with Crippen molar-refractivity contribution in [3.63, 3.8) is 0 Å². The molecule has 0 aromatic carbocycles. The lowest BCUT2D eigenvalue weighted by Gasteiger charge is -2.03. The fourth-order valence-corrected chi connectivity index (χ4v) is 4.29. The van der Waals surface area contributed by atoms with Crippen molar-refractivity contribution in [2.24, 2.45) is 0 Å². The number of hydrogen-bond acceptors (Lipinski definition) is 4. The van der Waals surface area contributed by atoms with Gasteiger partial charge in [0.2, 0.25) is 0 Å². The molecule has 0 bridgehead atoms. The third-order valence-electron chi connectivity index (χ3n) is 3.01. The van der Waals surface area contributed by atoms with Crippen LogP contribution in [0.2, 0.25) is 0 Å². The summed E-state index contributed by atoms with van der Waals surface area (Å²) in [5, 5.41) is 0.